The predicted octanol–water partition coefficient (Wildman–Crippen LogP) is 0.742. The standard InChI is InChI=1S/C23H39N3O7S/c1-14(2)11-17(25-23(29)21-13-32-19-7-5-6-8-20(19)33-21)22(28)24-16-10-9-15(3)26(12-18(16)27)34(4,30)31/h14-17,19-21H,5-13H2,1-4H3,(H,24,28)(H,25,29)/t15-,16+,17+,19-,20-,21-/m1/s1. The number of nitrogens with one attached hydrogen (secondary N) is 2. The van der Waals surface area contributed by atoms with Gasteiger partial charge >= 0.3 is 0 Å². The van der Waals surface area contributed by atoms with Crippen LogP contribution < -0.4 is 10.6 Å². The Balaban J connectivity index is 1.62. The van der Waals surface area contributed by atoms with Crippen LogP contribution in [0.5, 0.6) is 0 Å². The smallest absolute Gasteiger partial charge is 0.252 e. The van der Waals surface area contributed by atoms with Crippen molar-refractivity contribution in [2.24, 2.45) is 5.92 Å². The number of hydrogen-bond acceptors (Lipinski definition) is 7. The number of carbonyl (C=O) groups excluding carboxylic acids is 3. The molecule has 1 saturated carbocycles. The van der Waals surface area contributed by atoms with Crippen molar-refractivity contribution in [1.82, 2.24) is 14.9 Å². The molecule has 3 aliphatic rings. The fourth-order valence-electron chi connectivity index (χ4n) is 4.98. The van der Waals surface area contributed by atoms with Crippen LogP contribution in [0.4, 0.5) is 0 Å². The third-order valence-electron chi connectivity index (χ3n) is 6.88. The van der Waals surface area contributed by atoms with Crippen LogP contribution in [0, 0.1) is 5.92 Å². The molecule has 194 valence electrons. The second-order valence-corrected chi connectivity index (χ2v) is 12.2. The highest BCUT2D eigenvalue weighted by atomic mass is 32.2. The first-order valence-electron chi connectivity index (χ1n) is 12.3. The molecule has 1 aliphatic carbocycles. The average molecular weight is 502 g/mol. The van der Waals surface area contributed by atoms with Gasteiger partial charge in [0.15, 0.2) is 11.9 Å². The third kappa shape index (κ3) is 6.99. The Kier molecular flexibility index (Phi) is 9.10. The fraction of sp³-hybridized carbons (Fsp3) is 0.870. The van der Waals surface area contributed by atoms with Crippen molar-refractivity contribution in [3.05, 3.63) is 0 Å². The van der Waals surface area contributed by atoms with E-state index in [0.29, 0.717) is 19.3 Å². The molecule has 2 heterocycles. The Morgan fingerprint density at radius 3 is 2.44 bits per heavy atom. The van der Waals surface area contributed by atoms with Crippen LogP contribution in [-0.4, -0.2) is 86.2 Å². The largest absolute Gasteiger partial charge is 0.372 e. The molecule has 0 unspecified atom stereocenters. The van der Waals surface area contributed by atoms with E-state index >= 15 is 0 Å². The van der Waals surface area contributed by atoms with E-state index in [9.17, 15) is 22.8 Å². The van der Waals surface area contributed by atoms with Gasteiger partial charge in [-0.25, -0.2) is 8.42 Å². The van der Waals surface area contributed by atoms with E-state index in [1.165, 1.54) is 4.31 Å². The molecule has 0 aromatic heterocycles. The van der Waals surface area contributed by atoms with Crippen LogP contribution in [0.25, 0.3) is 0 Å². The van der Waals surface area contributed by atoms with Crippen LogP contribution in [0.2, 0.25) is 0 Å². The zero-order chi connectivity index (χ0) is 25.0. The van der Waals surface area contributed by atoms with E-state index in [2.05, 4.69) is 10.6 Å². The molecule has 3 fully saturated rings. The maximum absolute atomic E-state index is 13.1. The van der Waals surface area contributed by atoms with Crippen molar-refractivity contribution in [1.29, 1.82) is 0 Å². The lowest BCUT2D eigenvalue weighted by Gasteiger charge is -2.39. The molecule has 34 heavy (non-hydrogen) atoms. The Hall–Kier alpha value is -1.56. The van der Waals surface area contributed by atoms with Gasteiger partial charge in [-0.15, -0.1) is 0 Å². The van der Waals surface area contributed by atoms with Crippen molar-refractivity contribution in [2.75, 3.05) is 19.4 Å². The minimum atomic E-state index is -3.54. The van der Waals surface area contributed by atoms with E-state index in [1.807, 2.05) is 13.8 Å². The van der Waals surface area contributed by atoms with Gasteiger partial charge in [0.2, 0.25) is 15.9 Å². The first-order valence-corrected chi connectivity index (χ1v) is 14.2. The van der Waals surface area contributed by atoms with E-state index in [1.54, 1.807) is 6.92 Å². The van der Waals surface area contributed by atoms with Crippen LogP contribution in [-0.2, 0) is 33.9 Å². The summed E-state index contributed by atoms with van der Waals surface area (Å²) in [7, 11) is -3.54. The van der Waals surface area contributed by atoms with Gasteiger partial charge < -0.3 is 20.1 Å². The number of Topliss-reactive ketones (excluding diaryl/α,β-unsaturated/α-hetero) is 1. The summed E-state index contributed by atoms with van der Waals surface area (Å²) in [5.74, 6) is -1.08. The summed E-state index contributed by atoms with van der Waals surface area (Å²) < 4.78 is 37.1. The van der Waals surface area contributed by atoms with Crippen LogP contribution >= 0.6 is 0 Å². The molecule has 3 rings (SSSR count). The first kappa shape index (κ1) is 27.0. The van der Waals surface area contributed by atoms with Gasteiger partial charge in [0.1, 0.15) is 6.04 Å². The van der Waals surface area contributed by atoms with Gasteiger partial charge in [-0.05, 0) is 44.9 Å². The summed E-state index contributed by atoms with van der Waals surface area (Å²) in [6.45, 7) is 5.53. The fourth-order valence-corrected chi connectivity index (χ4v) is 6.10. The molecule has 0 aromatic rings. The lowest BCUT2D eigenvalue weighted by atomic mass is 9.93. The SMILES string of the molecule is CC(C)C[C@H](NC(=O)[C@H]1CO[C@@H]2CCCC[C@H]2O1)C(=O)N[C@H]1CC[C@@H](C)N(S(C)(=O)=O)CC1=O. The second kappa shape index (κ2) is 11.5. The molecule has 0 aromatic carbocycles. The van der Waals surface area contributed by atoms with Gasteiger partial charge in [0, 0.05) is 6.04 Å². The Bertz CT molecular complexity index is 863. The topological polar surface area (TPSA) is 131 Å². The predicted molar refractivity (Wildman–Crippen MR) is 125 cm³/mol. The number of amides is 2. The Morgan fingerprint density at radius 2 is 1.79 bits per heavy atom. The number of ketones is 1. The van der Waals surface area contributed by atoms with Crippen LogP contribution in [0.1, 0.15) is 65.7 Å². The summed E-state index contributed by atoms with van der Waals surface area (Å²) in [4.78, 5) is 38.8. The number of rotatable bonds is 7. The van der Waals surface area contributed by atoms with Gasteiger partial charge in [-0.1, -0.05) is 26.7 Å². The summed E-state index contributed by atoms with van der Waals surface area (Å²) in [5.41, 5.74) is 0. The van der Waals surface area contributed by atoms with Crippen molar-refractivity contribution >= 4 is 27.6 Å². The molecule has 2 amide bonds. The van der Waals surface area contributed by atoms with Gasteiger partial charge in [0.25, 0.3) is 5.91 Å². The monoisotopic (exact) mass is 501 g/mol. The normalized spacial score (nSPS) is 31.9. The van der Waals surface area contributed by atoms with Crippen LogP contribution in [0.3, 0.4) is 0 Å². The first-order chi connectivity index (χ1) is 16.0. The molecule has 2 N–H and O–H groups in total. The van der Waals surface area contributed by atoms with E-state index in [-0.39, 0.29) is 43.1 Å². The number of hydrogen-bond donors (Lipinski definition) is 2. The average Bonchev–Trinajstić information content (AvgIpc) is 2.91. The van der Waals surface area contributed by atoms with Gasteiger partial charge in [-0.2, -0.15) is 4.31 Å². The zero-order valence-corrected chi connectivity index (χ0v) is 21.4. The molecule has 6 atom stereocenters. The van der Waals surface area contributed by atoms with Crippen LogP contribution in [0.15, 0.2) is 0 Å². The number of sulfonamides is 1. The summed E-state index contributed by atoms with van der Waals surface area (Å²) in [5, 5.41) is 5.57. The number of ether oxygens (including phenoxy) is 2. The Morgan fingerprint density at radius 1 is 1.12 bits per heavy atom. The molecule has 2 saturated heterocycles. The van der Waals surface area contributed by atoms with Gasteiger partial charge in [0.05, 0.1) is 37.7 Å². The third-order valence-corrected chi connectivity index (χ3v) is 8.22. The van der Waals surface area contributed by atoms with Crippen molar-refractivity contribution in [2.45, 2.75) is 102 Å². The highest BCUT2D eigenvalue weighted by molar-refractivity contribution is 7.88. The number of carbonyl (C=O) groups is 3. The molecule has 0 bridgehead atoms. The highest BCUT2D eigenvalue weighted by Gasteiger charge is 2.39. The molecule has 0 spiro atoms. The summed E-state index contributed by atoms with van der Waals surface area (Å²) in [6.07, 6.45) is 5.34. The van der Waals surface area contributed by atoms with Gasteiger partial charge in [-0.3, -0.25) is 14.4 Å². The van der Waals surface area contributed by atoms with E-state index in [0.717, 1.165) is 31.9 Å². The molecule has 11 heteroatoms. The molecule has 2 aliphatic heterocycles. The van der Waals surface area contributed by atoms with Crippen molar-refractivity contribution < 1.29 is 32.3 Å². The maximum Gasteiger partial charge on any atom is 0.252 e. The number of nitrogens with zero attached hydrogens (tertiary/aromatic N) is 1. The zero-order valence-electron chi connectivity index (χ0n) is 20.6. The second-order valence-electron chi connectivity index (χ2n) is 10.3. The van der Waals surface area contributed by atoms with E-state index < -0.39 is 40.0 Å². The Labute approximate surface area is 202 Å². The minimum Gasteiger partial charge on any atom is -0.372 e. The molecular formula is C23H39N3O7S. The quantitative estimate of drug-likeness (QED) is 0.526. The lowest BCUT2D eigenvalue weighted by molar-refractivity contribution is -0.196. The number of fused-ring (bicyclic) bond motifs is 1. The molecule has 0 radical (unpaired) electrons. The molecule has 10 nitrogen and oxygen atoms in total. The lowest BCUT2D eigenvalue weighted by Crippen LogP contribution is -2.57. The summed E-state index contributed by atoms with van der Waals surface area (Å²) >= 11 is 0. The highest BCUT2D eigenvalue weighted by Crippen LogP contribution is 2.28. The molecular weight excluding hydrogens is 462 g/mol. The van der Waals surface area contributed by atoms with E-state index in [4.69, 9.17) is 9.47 Å². The summed E-state index contributed by atoms with van der Waals surface area (Å²) in [6, 6.07) is -1.97. The maximum atomic E-state index is 13.1. The van der Waals surface area contributed by atoms with Crippen molar-refractivity contribution in [3.63, 3.8) is 0 Å². The minimum absolute atomic E-state index is 0.0303. The van der Waals surface area contributed by atoms with Crippen molar-refractivity contribution in [3.8, 4) is 0 Å².